The molecule has 0 saturated carbocycles. The van der Waals surface area contributed by atoms with Gasteiger partial charge in [-0.2, -0.15) is 0 Å². The predicted octanol–water partition coefficient (Wildman–Crippen LogP) is 4.54. The number of anilines is 1. The first kappa shape index (κ1) is 20.5. The Labute approximate surface area is 178 Å². The monoisotopic (exact) mass is 406 g/mol. The van der Waals surface area contributed by atoms with Crippen molar-refractivity contribution in [3.05, 3.63) is 59.2 Å². The number of fused-ring (bicyclic) bond motifs is 1. The normalized spacial score (nSPS) is 16.8. The number of rotatable bonds is 3. The maximum Gasteiger partial charge on any atom is 0.265 e. The molecule has 0 atom stereocenters. The lowest BCUT2D eigenvalue weighted by Gasteiger charge is -2.31. The van der Waals surface area contributed by atoms with Gasteiger partial charge in [0.15, 0.2) is 6.61 Å². The quantitative estimate of drug-likeness (QED) is 0.752. The van der Waals surface area contributed by atoms with E-state index in [-0.39, 0.29) is 23.8 Å². The number of carbonyl (C=O) groups excluding carboxylic acids is 2. The van der Waals surface area contributed by atoms with Crippen molar-refractivity contribution in [2.45, 2.75) is 52.0 Å². The van der Waals surface area contributed by atoms with Crippen molar-refractivity contribution >= 4 is 17.5 Å². The highest BCUT2D eigenvalue weighted by atomic mass is 16.5. The highest BCUT2D eigenvalue weighted by molar-refractivity contribution is 5.98. The maximum absolute atomic E-state index is 12.9. The van der Waals surface area contributed by atoms with Crippen molar-refractivity contribution < 1.29 is 14.3 Å². The fourth-order valence-electron chi connectivity index (χ4n) is 4.11. The van der Waals surface area contributed by atoms with Crippen LogP contribution in [-0.4, -0.2) is 36.4 Å². The third-order valence-corrected chi connectivity index (χ3v) is 5.93. The molecule has 0 unspecified atom stereocenters. The molecule has 2 aromatic rings. The third kappa shape index (κ3) is 4.20. The molecule has 0 spiro atoms. The summed E-state index contributed by atoms with van der Waals surface area (Å²) in [4.78, 5) is 29.3. The zero-order valence-corrected chi connectivity index (χ0v) is 18.1. The van der Waals surface area contributed by atoms with Crippen LogP contribution >= 0.6 is 0 Å². The van der Waals surface area contributed by atoms with Gasteiger partial charge in [0.1, 0.15) is 5.75 Å². The van der Waals surface area contributed by atoms with Gasteiger partial charge in [-0.05, 0) is 60.1 Å². The lowest BCUT2D eigenvalue weighted by molar-refractivity contribution is -0.121. The van der Waals surface area contributed by atoms with E-state index in [1.807, 2.05) is 35.2 Å². The van der Waals surface area contributed by atoms with Crippen molar-refractivity contribution in [2.75, 3.05) is 24.6 Å². The minimum absolute atomic E-state index is 0.0258. The summed E-state index contributed by atoms with van der Waals surface area (Å²) in [5, 5.41) is 0. The molecule has 0 aromatic heterocycles. The number of hydrogen-bond acceptors (Lipinski definition) is 3. The van der Waals surface area contributed by atoms with E-state index < -0.39 is 0 Å². The third-order valence-electron chi connectivity index (χ3n) is 5.93. The molecule has 2 aliphatic rings. The Balaban J connectivity index is 1.60. The highest BCUT2D eigenvalue weighted by Gasteiger charge is 2.28. The van der Waals surface area contributed by atoms with Crippen LogP contribution in [0, 0.1) is 0 Å². The number of carbonyl (C=O) groups is 2. The minimum atomic E-state index is -0.0682. The topological polar surface area (TPSA) is 49.9 Å². The number of hydrogen-bond donors (Lipinski definition) is 0. The summed E-state index contributed by atoms with van der Waals surface area (Å²) in [6, 6.07) is 13.7. The first-order valence-electron chi connectivity index (χ1n) is 10.8. The molecule has 4 rings (SSSR count). The second-order valence-corrected chi connectivity index (χ2v) is 9.25. The number of likely N-dealkylation sites (tertiary alicyclic amines) is 1. The molecule has 0 radical (unpaired) electrons. The summed E-state index contributed by atoms with van der Waals surface area (Å²) < 4.78 is 5.66. The van der Waals surface area contributed by atoms with Crippen LogP contribution in [0.2, 0.25) is 0 Å². The summed E-state index contributed by atoms with van der Waals surface area (Å²) in [6.07, 6.45) is 3.33. The smallest absolute Gasteiger partial charge is 0.265 e. The average Bonchev–Trinajstić information content (AvgIpc) is 2.75. The van der Waals surface area contributed by atoms with Gasteiger partial charge in [0.25, 0.3) is 11.8 Å². The molecular formula is C25H30N2O3. The Morgan fingerprint density at radius 3 is 2.53 bits per heavy atom. The van der Waals surface area contributed by atoms with E-state index in [1.165, 1.54) is 6.42 Å². The fourth-order valence-corrected chi connectivity index (χ4v) is 4.11. The second kappa shape index (κ2) is 8.13. The Hall–Kier alpha value is -2.82. The van der Waals surface area contributed by atoms with Crippen molar-refractivity contribution in [3.63, 3.8) is 0 Å². The minimum Gasteiger partial charge on any atom is -0.482 e. The average molecular weight is 407 g/mol. The molecule has 0 N–H and O–H groups in total. The van der Waals surface area contributed by atoms with Crippen molar-refractivity contribution in [1.29, 1.82) is 0 Å². The number of nitrogens with zero attached hydrogens (tertiary/aromatic N) is 2. The SMILES string of the molecule is CC(C)(C)c1ccc2c(c1)N(Cc1cccc(C(=O)N3CCCCC3)c1)C(=O)CO2. The first-order valence-corrected chi connectivity index (χ1v) is 10.8. The van der Waals surface area contributed by atoms with Gasteiger partial charge in [0.2, 0.25) is 0 Å². The number of piperidine rings is 1. The van der Waals surface area contributed by atoms with E-state index in [1.54, 1.807) is 4.90 Å². The standard InChI is InChI=1S/C25H30N2O3/c1-25(2,3)20-10-11-22-21(15-20)27(23(28)17-30-22)16-18-8-7-9-19(14-18)24(29)26-12-5-4-6-13-26/h7-11,14-15H,4-6,12-13,16-17H2,1-3H3. The van der Waals surface area contributed by atoms with Crippen LogP contribution in [0.1, 0.15) is 61.5 Å². The molecule has 30 heavy (non-hydrogen) atoms. The Bertz CT molecular complexity index is 955. The van der Waals surface area contributed by atoms with E-state index in [0.717, 1.165) is 48.5 Å². The summed E-state index contributed by atoms with van der Waals surface area (Å²) in [5.74, 6) is 0.740. The molecule has 2 aromatic carbocycles. The van der Waals surface area contributed by atoms with Crippen LogP contribution in [0.15, 0.2) is 42.5 Å². The van der Waals surface area contributed by atoms with Gasteiger partial charge in [-0.3, -0.25) is 9.59 Å². The van der Waals surface area contributed by atoms with Gasteiger partial charge in [0.05, 0.1) is 12.2 Å². The summed E-state index contributed by atoms with van der Waals surface area (Å²) in [5.41, 5.74) is 3.56. The van der Waals surface area contributed by atoms with Gasteiger partial charge in [0, 0.05) is 18.7 Å². The van der Waals surface area contributed by atoms with Gasteiger partial charge in [-0.25, -0.2) is 0 Å². The molecule has 2 heterocycles. The van der Waals surface area contributed by atoms with Crippen LogP contribution in [-0.2, 0) is 16.8 Å². The van der Waals surface area contributed by atoms with Gasteiger partial charge in [-0.15, -0.1) is 0 Å². The molecule has 5 nitrogen and oxygen atoms in total. The van der Waals surface area contributed by atoms with Crippen molar-refractivity contribution in [3.8, 4) is 5.75 Å². The Kier molecular flexibility index (Phi) is 5.54. The van der Waals surface area contributed by atoms with Crippen LogP contribution in [0.4, 0.5) is 5.69 Å². The van der Waals surface area contributed by atoms with Crippen LogP contribution in [0.5, 0.6) is 5.75 Å². The molecule has 2 amide bonds. The Morgan fingerprint density at radius 2 is 1.80 bits per heavy atom. The van der Waals surface area contributed by atoms with E-state index in [4.69, 9.17) is 4.74 Å². The molecule has 1 fully saturated rings. The maximum atomic E-state index is 12.9. The number of amides is 2. The first-order chi connectivity index (χ1) is 14.3. The summed E-state index contributed by atoms with van der Waals surface area (Å²) in [7, 11) is 0. The van der Waals surface area contributed by atoms with E-state index >= 15 is 0 Å². The van der Waals surface area contributed by atoms with Gasteiger partial charge in [-0.1, -0.05) is 39.0 Å². The molecular weight excluding hydrogens is 376 g/mol. The van der Waals surface area contributed by atoms with Gasteiger partial charge < -0.3 is 14.5 Å². The zero-order valence-electron chi connectivity index (χ0n) is 18.1. The Morgan fingerprint density at radius 1 is 1.03 bits per heavy atom. The number of ether oxygens (including phenoxy) is 1. The molecule has 2 aliphatic heterocycles. The highest BCUT2D eigenvalue weighted by Crippen LogP contribution is 2.37. The van der Waals surface area contributed by atoms with Crippen LogP contribution in [0.25, 0.3) is 0 Å². The summed E-state index contributed by atoms with van der Waals surface area (Å²) >= 11 is 0. The van der Waals surface area contributed by atoms with Crippen LogP contribution < -0.4 is 9.64 Å². The molecule has 1 saturated heterocycles. The van der Waals surface area contributed by atoms with Gasteiger partial charge >= 0.3 is 0 Å². The second-order valence-electron chi connectivity index (χ2n) is 9.25. The van der Waals surface area contributed by atoms with E-state index in [0.29, 0.717) is 12.1 Å². The van der Waals surface area contributed by atoms with Crippen molar-refractivity contribution in [2.24, 2.45) is 0 Å². The lowest BCUT2D eigenvalue weighted by atomic mass is 9.86. The lowest BCUT2D eigenvalue weighted by Crippen LogP contribution is -2.38. The predicted molar refractivity (Wildman–Crippen MR) is 118 cm³/mol. The van der Waals surface area contributed by atoms with Crippen LogP contribution in [0.3, 0.4) is 0 Å². The zero-order chi connectivity index (χ0) is 21.3. The largest absolute Gasteiger partial charge is 0.482 e. The fraction of sp³-hybridized carbons (Fsp3) is 0.440. The molecule has 0 bridgehead atoms. The van der Waals surface area contributed by atoms with E-state index in [9.17, 15) is 9.59 Å². The number of benzene rings is 2. The van der Waals surface area contributed by atoms with E-state index in [2.05, 4.69) is 32.9 Å². The summed E-state index contributed by atoms with van der Waals surface area (Å²) in [6.45, 7) is 8.57. The van der Waals surface area contributed by atoms with Crippen molar-refractivity contribution in [1.82, 2.24) is 4.90 Å². The molecule has 5 heteroatoms. The molecule has 158 valence electrons. The molecule has 0 aliphatic carbocycles.